The van der Waals surface area contributed by atoms with Crippen LogP contribution in [0.3, 0.4) is 0 Å². The zero-order valence-corrected chi connectivity index (χ0v) is 9.63. The fraction of sp³-hybridized carbons (Fsp3) is 0.500. The molecule has 0 bridgehead atoms. The van der Waals surface area contributed by atoms with Gasteiger partial charge in [-0.1, -0.05) is 23.7 Å². The van der Waals surface area contributed by atoms with Gasteiger partial charge in [0.2, 0.25) is 0 Å². The van der Waals surface area contributed by atoms with Crippen molar-refractivity contribution in [2.24, 2.45) is 5.92 Å². The zero-order valence-electron chi connectivity index (χ0n) is 8.87. The van der Waals surface area contributed by atoms with E-state index in [-0.39, 0.29) is 6.10 Å². The van der Waals surface area contributed by atoms with E-state index in [0.717, 1.165) is 24.7 Å². The number of halogens is 1. The van der Waals surface area contributed by atoms with Crippen LogP contribution < -0.4 is 5.32 Å². The summed E-state index contributed by atoms with van der Waals surface area (Å²) in [5.74, 6) is 0.603. The first-order chi connectivity index (χ1) is 7.31. The topological polar surface area (TPSA) is 21.3 Å². The first-order valence-electron chi connectivity index (χ1n) is 5.39. The van der Waals surface area contributed by atoms with Crippen molar-refractivity contribution >= 4 is 11.6 Å². The monoisotopic (exact) mass is 225 g/mol. The van der Waals surface area contributed by atoms with Crippen molar-refractivity contribution in [3.8, 4) is 0 Å². The number of nitrogens with one attached hydrogen (secondary N) is 1. The standard InChI is InChI=1S/C12H16ClNO/c1-2-15-12(10-7-14-8-10)9-3-5-11(13)6-4-9/h3-6,10,12,14H,2,7-8H2,1H3/t12-/m0/s1. The van der Waals surface area contributed by atoms with Crippen molar-refractivity contribution in [1.29, 1.82) is 0 Å². The Hall–Kier alpha value is -0.570. The van der Waals surface area contributed by atoms with E-state index < -0.39 is 0 Å². The van der Waals surface area contributed by atoms with Gasteiger partial charge in [-0.2, -0.15) is 0 Å². The van der Waals surface area contributed by atoms with Crippen LogP contribution in [-0.2, 0) is 4.74 Å². The normalized spacial score (nSPS) is 18.5. The van der Waals surface area contributed by atoms with E-state index in [0.29, 0.717) is 5.92 Å². The maximum atomic E-state index is 5.87. The van der Waals surface area contributed by atoms with Crippen molar-refractivity contribution in [3.05, 3.63) is 34.9 Å². The average molecular weight is 226 g/mol. The summed E-state index contributed by atoms with van der Waals surface area (Å²) >= 11 is 5.87. The Morgan fingerprint density at radius 1 is 1.40 bits per heavy atom. The van der Waals surface area contributed by atoms with Crippen LogP contribution in [0.1, 0.15) is 18.6 Å². The minimum absolute atomic E-state index is 0.216. The molecule has 2 nitrogen and oxygen atoms in total. The van der Waals surface area contributed by atoms with Gasteiger partial charge in [-0.25, -0.2) is 0 Å². The molecule has 1 aliphatic rings. The number of rotatable bonds is 4. The quantitative estimate of drug-likeness (QED) is 0.851. The van der Waals surface area contributed by atoms with E-state index in [9.17, 15) is 0 Å². The summed E-state index contributed by atoms with van der Waals surface area (Å²) in [6.07, 6.45) is 0.216. The molecule has 0 radical (unpaired) electrons. The minimum atomic E-state index is 0.216. The van der Waals surface area contributed by atoms with Gasteiger partial charge in [-0.15, -0.1) is 0 Å². The third-order valence-electron chi connectivity index (χ3n) is 2.79. The van der Waals surface area contributed by atoms with Crippen LogP contribution in [0.4, 0.5) is 0 Å². The van der Waals surface area contributed by atoms with Crippen molar-refractivity contribution in [2.45, 2.75) is 13.0 Å². The maximum Gasteiger partial charge on any atom is 0.0877 e. The predicted molar refractivity (Wildman–Crippen MR) is 62.2 cm³/mol. The third kappa shape index (κ3) is 2.51. The lowest BCUT2D eigenvalue weighted by Gasteiger charge is -2.34. The van der Waals surface area contributed by atoms with Crippen LogP contribution in [0.2, 0.25) is 5.02 Å². The third-order valence-corrected chi connectivity index (χ3v) is 3.04. The van der Waals surface area contributed by atoms with Gasteiger partial charge in [0.05, 0.1) is 6.10 Å². The van der Waals surface area contributed by atoms with Crippen LogP contribution in [-0.4, -0.2) is 19.7 Å². The number of ether oxygens (including phenoxy) is 1. The van der Waals surface area contributed by atoms with Crippen molar-refractivity contribution in [3.63, 3.8) is 0 Å². The van der Waals surface area contributed by atoms with Gasteiger partial charge in [0.1, 0.15) is 0 Å². The number of hydrogen-bond donors (Lipinski definition) is 1. The number of hydrogen-bond acceptors (Lipinski definition) is 2. The molecular weight excluding hydrogens is 210 g/mol. The minimum Gasteiger partial charge on any atom is -0.373 e. The summed E-state index contributed by atoms with van der Waals surface area (Å²) in [5, 5.41) is 4.05. The van der Waals surface area contributed by atoms with Gasteiger partial charge in [0.15, 0.2) is 0 Å². The van der Waals surface area contributed by atoms with Crippen LogP contribution in [0, 0.1) is 5.92 Å². The highest BCUT2D eigenvalue weighted by atomic mass is 35.5. The smallest absolute Gasteiger partial charge is 0.0877 e. The molecule has 0 aliphatic carbocycles. The predicted octanol–water partition coefficient (Wildman–Crippen LogP) is 2.64. The van der Waals surface area contributed by atoms with E-state index in [1.54, 1.807) is 0 Å². The average Bonchev–Trinajstić information content (AvgIpc) is 2.16. The van der Waals surface area contributed by atoms with Gasteiger partial charge in [-0.05, 0) is 24.6 Å². The van der Waals surface area contributed by atoms with E-state index in [1.807, 2.05) is 19.1 Å². The molecule has 15 heavy (non-hydrogen) atoms. The summed E-state index contributed by atoms with van der Waals surface area (Å²) in [6.45, 7) is 4.89. The molecule has 2 rings (SSSR count). The summed E-state index contributed by atoms with van der Waals surface area (Å²) < 4.78 is 5.79. The van der Waals surface area contributed by atoms with Crippen LogP contribution in [0.5, 0.6) is 0 Å². The molecule has 0 saturated carbocycles. The number of benzene rings is 1. The lowest BCUT2D eigenvalue weighted by atomic mass is 9.91. The molecule has 82 valence electrons. The van der Waals surface area contributed by atoms with Gasteiger partial charge < -0.3 is 10.1 Å². The SMILES string of the molecule is CCO[C@@H](c1ccc(Cl)cc1)C1CNC1. The molecule has 1 saturated heterocycles. The van der Waals surface area contributed by atoms with Crippen molar-refractivity contribution in [1.82, 2.24) is 5.32 Å². The molecule has 0 amide bonds. The second-order valence-corrected chi connectivity index (χ2v) is 4.28. The molecule has 1 atom stereocenters. The van der Waals surface area contributed by atoms with Gasteiger partial charge in [0.25, 0.3) is 0 Å². The molecule has 0 unspecified atom stereocenters. The lowest BCUT2D eigenvalue weighted by Crippen LogP contribution is -2.45. The van der Waals surface area contributed by atoms with Crippen molar-refractivity contribution in [2.75, 3.05) is 19.7 Å². The zero-order chi connectivity index (χ0) is 10.7. The van der Waals surface area contributed by atoms with E-state index in [4.69, 9.17) is 16.3 Å². The molecular formula is C12H16ClNO. The Bertz CT molecular complexity index is 308. The Kier molecular flexibility index (Phi) is 3.62. The molecule has 0 aromatic heterocycles. The largest absolute Gasteiger partial charge is 0.373 e. The summed E-state index contributed by atoms with van der Waals surface area (Å²) in [5.41, 5.74) is 1.23. The molecule has 1 fully saturated rings. The second kappa shape index (κ2) is 4.97. The van der Waals surface area contributed by atoms with Crippen LogP contribution in [0.25, 0.3) is 0 Å². The Morgan fingerprint density at radius 2 is 2.07 bits per heavy atom. The Morgan fingerprint density at radius 3 is 2.53 bits per heavy atom. The summed E-state index contributed by atoms with van der Waals surface area (Å²) in [4.78, 5) is 0. The molecule has 3 heteroatoms. The van der Waals surface area contributed by atoms with Gasteiger partial charge in [-0.3, -0.25) is 0 Å². The van der Waals surface area contributed by atoms with Crippen molar-refractivity contribution < 1.29 is 4.74 Å². The molecule has 1 N–H and O–H groups in total. The Balaban J connectivity index is 2.12. The molecule has 1 aliphatic heterocycles. The molecule has 1 aromatic rings. The maximum absolute atomic E-state index is 5.87. The first-order valence-corrected chi connectivity index (χ1v) is 5.77. The van der Waals surface area contributed by atoms with Crippen LogP contribution in [0.15, 0.2) is 24.3 Å². The van der Waals surface area contributed by atoms with Gasteiger partial charge >= 0.3 is 0 Å². The highest BCUT2D eigenvalue weighted by molar-refractivity contribution is 6.30. The highest BCUT2D eigenvalue weighted by Crippen LogP contribution is 2.29. The molecule has 0 spiro atoms. The highest BCUT2D eigenvalue weighted by Gasteiger charge is 2.28. The second-order valence-electron chi connectivity index (χ2n) is 3.85. The van der Waals surface area contributed by atoms with Gasteiger partial charge in [0, 0.05) is 30.6 Å². The van der Waals surface area contributed by atoms with E-state index in [1.165, 1.54) is 5.56 Å². The fourth-order valence-corrected chi connectivity index (χ4v) is 1.99. The first kappa shape index (κ1) is 10.9. The van der Waals surface area contributed by atoms with E-state index >= 15 is 0 Å². The van der Waals surface area contributed by atoms with E-state index in [2.05, 4.69) is 17.4 Å². The molecule has 1 aromatic carbocycles. The fourth-order valence-electron chi connectivity index (χ4n) is 1.86. The van der Waals surface area contributed by atoms with Crippen LogP contribution >= 0.6 is 11.6 Å². The Labute approximate surface area is 95.6 Å². The lowest BCUT2D eigenvalue weighted by molar-refractivity contribution is 0.000437. The summed E-state index contributed by atoms with van der Waals surface area (Å²) in [6, 6.07) is 7.96. The molecule has 1 heterocycles. The summed E-state index contributed by atoms with van der Waals surface area (Å²) in [7, 11) is 0.